The molecule has 0 aliphatic heterocycles. The Balaban J connectivity index is 1.93. The lowest BCUT2D eigenvalue weighted by Gasteiger charge is -2.09. The Morgan fingerprint density at radius 1 is 1.00 bits per heavy atom. The first kappa shape index (κ1) is 18.6. The molecule has 138 valence electrons. The number of aryl methyl sites for hydroxylation is 1. The monoisotopic (exact) mass is 370 g/mol. The van der Waals surface area contributed by atoms with Gasteiger partial charge in [-0.3, -0.25) is 4.79 Å². The SMILES string of the molecule is Cc1ccc(Cn2ccccc2=NC(=O)c2cccc(C(F)(F)F)c2)cc1. The zero-order valence-electron chi connectivity index (χ0n) is 14.6. The van der Waals surface area contributed by atoms with Gasteiger partial charge in [0.15, 0.2) is 0 Å². The lowest BCUT2D eigenvalue weighted by molar-refractivity contribution is -0.137. The summed E-state index contributed by atoms with van der Waals surface area (Å²) in [6.07, 6.45) is -2.73. The Morgan fingerprint density at radius 3 is 2.44 bits per heavy atom. The van der Waals surface area contributed by atoms with Gasteiger partial charge in [0.25, 0.3) is 5.91 Å². The summed E-state index contributed by atoms with van der Waals surface area (Å²) in [5.41, 5.74) is 1.57. The fourth-order valence-electron chi connectivity index (χ4n) is 2.59. The van der Waals surface area contributed by atoms with Crippen molar-refractivity contribution in [2.24, 2.45) is 4.99 Å². The van der Waals surface area contributed by atoms with E-state index in [-0.39, 0.29) is 5.56 Å². The Labute approximate surface area is 154 Å². The van der Waals surface area contributed by atoms with Crippen LogP contribution in [0.1, 0.15) is 27.0 Å². The van der Waals surface area contributed by atoms with Gasteiger partial charge in [0.1, 0.15) is 5.49 Å². The van der Waals surface area contributed by atoms with E-state index in [0.29, 0.717) is 12.0 Å². The number of carbonyl (C=O) groups is 1. The number of hydrogen-bond donors (Lipinski definition) is 0. The summed E-state index contributed by atoms with van der Waals surface area (Å²) in [5, 5.41) is 0. The average Bonchev–Trinajstić information content (AvgIpc) is 2.64. The second kappa shape index (κ2) is 7.61. The number of amides is 1. The molecule has 3 aromatic rings. The second-order valence-electron chi connectivity index (χ2n) is 6.17. The summed E-state index contributed by atoms with van der Waals surface area (Å²) < 4.78 is 40.3. The van der Waals surface area contributed by atoms with Gasteiger partial charge in [0, 0.05) is 18.3 Å². The lowest BCUT2D eigenvalue weighted by atomic mass is 10.1. The van der Waals surface area contributed by atoms with E-state index in [1.807, 2.05) is 37.3 Å². The van der Waals surface area contributed by atoms with Gasteiger partial charge in [-0.15, -0.1) is 0 Å². The van der Waals surface area contributed by atoms with E-state index in [4.69, 9.17) is 0 Å². The van der Waals surface area contributed by atoms with Crippen LogP contribution in [0.2, 0.25) is 0 Å². The number of carbonyl (C=O) groups excluding carboxylic acids is 1. The van der Waals surface area contributed by atoms with Crippen LogP contribution < -0.4 is 5.49 Å². The zero-order chi connectivity index (χ0) is 19.4. The maximum atomic E-state index is 12.8. The summed E-state index contributed by atoms with van der Waals surface area (Å²) in [4.78, 5) is 16.4. The van der Waals surface area contributed by atoms with Gasteiger partial charge >= 0.3 is 6.18 Å². The van der Waals surface area contributed by atoms with Crippen molar-refractivity contribution in [1.29, 1.82) is 0 Å². The highest BCUT2D eigenvalue weighted by molar-refractivity contribution is 5.95. The summed E-state index contributed by atoms with van der Waals surface area (Å²) in [6, 6.07) is 17.4. The van der Waals surface area contributed by atoms with Crippen LogP contribution in [0.25, 0.3) is 0 Å². The number of benzene rings is 2. The van der Waals surface area contributed by atoms with Gasteiger partial charge in [-0.1, -0.05) is 42.0 Å². The van der Waals surface area contributed by atoms with Crippen molar-refractivity contribution >= 4 is 5.91 Å². The molecule has 0 atom stereocenters. The molecule has 1 heterocycles. The standard InChI is InChI=1S/C21H17F3N2O/c1-15-8-10-16(11-9-15)14-26-12-3-2-7-19(26)25-20(27)17-5-4-6-18(13-17)21(22,23)24/h2-13H,14H2,1H3. The Morgan fingerprint density at radius 2 is 1.74 bits per heavy atom. The predicted octanol–water partition coefficient (Wildman–Crippen LogP) is 4.60. The van der Waals surface area contributed by atoms with E-state index in [2.05, 4.69) is 4.99 Å². The molecule has 0 spiro atoms. The number of alkyl halides is 3. The first-order valence-corrected chi connectivity index (χ1v) is 8.30. The number of halogens is 3. The third-order valence-electron chi connectivity index (χ3n) is 4.04. The molecule has 1 aromatic heterocycles. The number of pyridine rings is 1. The van der Waals surface area contributed by atoms with Gasteiger partial charge in [-0.2, -0.15) is 18.2 Å². The van der Waals surface area contributed by atoms with E-state index in [1.165, 1.54) is 12.1 Å². The molecule has 0 aliphatic carbocycles. The molecule has 0 aliphatic rings. The molecule has 0 N–H and O–H groups in total. The number of nitrogens with zero attached hydrogens (tertiary/aromatic N) is 2. The minimum Gasteiger partial charge on any atom is -0.328 e. The molecule has 0 fully saturated rings. The van der Waals surface area contributed by atoms with E-state index < -0.39 is 17.6 Å². The van der Waals surface area contributed by atoms with Gasteiger partial charge in [-0.25, -0.2) is 0 Å². The highest BCUT2D eigenvalue weighted by Crippen LogP contribution is 2.29. The maximum Gasteiger partial charge on any atom is 0.416 e. The van der Waals surface area contributed by atoms with Gasteiger partial charge in [-0.05, 0) is 42.8 Å². The molecule has 0 saturated heterocycles. The highest BCUT2D eigenvalue weighted by Gasteiger charge is 2.30. The van der Waals surface area contributed by atoms with Crippen molar-refractivity contribution in [2.45, 2.75) is 19.6 Å². The summed E-state index contributed by atoms with van der Waals surface area (Å²) in [7, 11) is 0. The Hall–Kier alpha value is -3.15. The molecule has 0 radical (unpaired) electrons. The molecular weight excluding hydrogens is 353 g/mol. The van der Waals surface area contributed by atoms with Crippen LogP contribution in [0.5, 0.6) is 0 Å². The van der Waals surface area contributed by atoms with Crippen LogP contribution in [0.3, 0.4) is 0 Å². The largest absolute Gasteiger partial charge is 0.416 e. The van der Waals surface area contributed by atoms with Crippen molar-refractivity contribution in [3.8, 4) is 0 Å². The molecule has 1 amide bonds. The molecule has 2 aromatic carbocycles. The Bertz CT molecular complexity index is 1020. The first-order chi connectivity index (χ1) is 12.8. The van der Waals surface area contributed by atoms with E-state index in [0.717, 1.165) is 23.3 Å². The molecule has 3 nitrogen and oxygen atoms in total. The van der Waals surface area contributed by atoms with Crippen LogP contribution in [0.4, 0.5) is 13.2 Å². The molecule has 6 heteroatoms. The summed E-state index contributed by atoms with van der Waals surface area (Å²) in [5.74, 6) is -0.718. The average molecular weight is 370 g/mol. The molecule has 0 unspecified atom stereocenters. The third kappa shape index (κ3) is 4.73. The fraction of sp³-hybridized carbons (Fsp3) is 0.143. The number of aromatic nitrogens is 1. The zero-order valence-corrected chi connectivity index (χ0v) is 14.6. The van der Waals surface area contributed by atoms with Gasteiger partial charge in [0.05, 0.1) is 5.56 Å². The summed E-state index contributed by atoms with van der Waals surface area (Å²) in [6.45, 7) is 2.49. The number of hydrogen-bond acceptors (Lipinski definition) is 1. The third-order valence-corrected chi connectivity index (χ3v) is 4.04. The quantitative estimate of drug-likeness (QED) is 0.663. The topological polar surface area (TPSA) is 34.4 Å². The van der Waals surface area contributed by atoms with Crippen molar-refractivity contribution in [3.05, 3.63) is 101 Å². The molecule has 3 rings (SSSR count). The van der Waals surface area contributed by atoms with Gasteiger partial charge < -0.3 is 4.57 Å². The van der Waals surface area contributed by atoms with Crippen molar-refractivity contribution in [2.75, 3.05) is 0 Å². The van der Waals surface area contributed by atoms with Crippen LogP contribution in [-0.4, -0.2) is 10.5 Å². The first-order valence-electron chi connectivity index (χ1n) is 8.30. The maximum absolute atomic E-state index is 12.8. The predicted molar refractivity (Wildman–Crippen MR) is 96.1 cm³/mol. The molecular formula is C21H17F3N2O. The number of rotatable bonds is 3. The molecule has 0 saturated carbocycles. The summed E-state index contributed by atoms with van der Waals surface area (Å²) >= 11 is 0. The van der Waals surface area contributed by atoms with E-state index in [9.17, 15) is 18.0 Å². The van der Waals surface area contributed by atoms with E-state index in [1.54, 1.807) is 22.9 Å². The second-order valence-corrected chi connectivity index (χ2v) is 6.17. The lowest BCUT2D eigenvalue weighted by Crippen LogP contribution is -2.22. The fourth-order valence-corrected chi connectivity index (χ4v) is 2.59. The highest BCUT2D eigenvalue weighted by atomic mass is 19.4. The van der Waals surface area contributed by atoms with Crippen LogP contribution in [0, 0.1) is 6.92 Å². The van der Waals surface area contributed by atoms with Crippen molar-refractivity contribution in [1.82, 2.24) is 4.57 Å². The van der Waals surface area contributed by atoms with Gasteiger partial charge in [0.2, 0.25) is 0 Å². The Kier molecular flexibility index (Phi) is 5.26. The van der Waals surface area contributed by atoms with Crippen LogP contribution in [0.15, 0.2) is 77.9 Å². The molecule has 0 bridgehead atoms. The van der Waals surface area contributed by atoms with Crippen molar-refractivity contribution in [3.63, 3.8) is 0 Å². The minimum absolute atomic E-state index is 0.101. The van der Waals surface area contributed by atoms with Crippen LogP contribution in [-0.2, 0) is 12.7 Å². The van der Waals surface area contributed by atoms with Crippen LogP contribution >= 0.6 is 0 Å². The smallest absolute Gasteiger partial charge is 0.328 e. The normalized spacial score (nSPS) is 12.2. The molecule has 27 heavy (non-hydrogen) atoms. The van der Waals surface area contributed by atoms with E-state index >= 15 is 0 Å². The van der Waals surface area contributed by atoms with Crippen molar-refractivity contribution < 1.29 is 18.0 Å². The minimum atomic E-state index is -4.51.